The number of methoxy groups -OCH3 is 2. The van der Waals surface area contributed by atoms with Crippen LogP contribution in [0.2, 0.25) is 0 Å². The number of aliphatic imine (C=N–C) groups is 1. The maximum atomic E-state index is 12.0. The lowest BCUT2D eigenvalue weighted by Crippen LogP contribution is -2.45. The van der Waals surface area contributed by atoms with E-state index in [-0.39, 0.29) is 18.6 Å². The predicted octanol–water partition coefficient (Wildman–Crippen LogP) is 2.29. The maximum Gasteiger partial charge on any atom is 0.241 e. The smallest absolute Gasteiger partial charge is 0.241 e. The second-order valence-corrected chi connectivity index (χ2v) is 7.11. The summed E-state index contributed by atoms with van der Waals surface area (Å²) in [5.74, 6) is 2.63. The first-order valence-electron chi connectivity index (χ1n) is 10.1. The van der Waals surface area contributed by atoms with E-state index in [1.807, 2.05) is 55.5 Å². The number of hydrogen-bond donors (Lipinski definition) is 2. The Balaban J connectivity index is 2.00. The van der Waals surface area contributed by atoms with Gasteiger partial charge >= 0.3 is 0 Å². The Morgan fingerprint density at radius 2 is 1.68 bits per heavy atom. The van der Waals surface area contributed by atoms with Crippen LogP contribution in [0, 0.1) is 0 Å². The molecular formula is C23H32N4O4. The number of nitrogens with one attached hydrogen (secondary N) is 2. The molecule has 0 bridgehead atoms. The molecule has 1 amide bonds. The third-order valence-corrected chi connectivity index (χ3v) is 4.44. The normalized spacial score (nSPS) is 12.0. The Bertz CT molecular complexity index is 853. The zero-order chi connectivity index (χ0) is 22.6. The first kappa shape index (κ1) is 23.9. The van der Waals surface area contributed by atoms with Crippen LogP contribution in [-0.4, -0.2) is 64.3 Å². The molecule has 2 aromatic rings. The Kier molecular flexibility index (Phi) is 9.48. The van der Waals surface area contributed by atoms with Crippen molar-refractivity contribution in [3.05, 3.63) is 54.1 Å². The molecule has 0 heterocycles. The summed E-state index contributed by atoms with van der Waals surface area (Å²) in [6.45, 7) is 3.04. The van der Waals surface area contributed by atoms with E-state index in [9.17, 15) is 4.79 Å². The number of hydrogen-bond acceptors (Lipinski definition) is 5. The molecule has 31 heavy (non-hydrogen) atoms. The molecule has 168 valence electrons. The van der Waals surface area contributed by atoms with Crippen LogP contribution in [0.15, 0.2) is 53.5 Å². The van der Waals surface area contributed by atoms with Crippen molar-refractivity contribution >= 4 is 11.9 Å². The minimum Gasteiger partial charge on any atom is -0.497 e. The van der Waals surface area contributed by atoms with Crippen molar-refractivity contribution in [1.82, 2.24) is 15.5 Å². The summed E-state index contributed by atoms with van der Waals surface area (Å²) in [6.07, 6.45) is -0.158. The van der Waals surface area contributed by atoms with Crippen LogP contribution in [0.5, 0.6) is 17.2 Å². The fourth-order valence-corrected chi connectivity index (χ4v) is 2.61. The van der Waals surface area contributed by atoms with Gasteiger partial charge in [0.2, 0.25) is 5.91 Å². The predicted molar refractivity (Wildman–Crippen MR) is 122 cm³/mol. The van der Waals surface area contributed by atoms with Crippen molar-refractivity contribution in [1.29, 1.82) is 0 Å². The fraction of sp³-hybridized carbons (Fsp3) is 0.391. The molecule has 0 aliphatic rings. The summed E-state index contributed by atoms with van der Waals surface area (Å²) in [5, 5.41) is 6.32. The molecule has 0 saturated carbocycles. The van der Waals surface area contributed by atoms with E-state index in [4.69, 9.17) is 14.2 Å². The van der Waals surface area contributed by atoms with Gasteiger partial charge in [0.15, 0.2) is 17.5 Å². The molecule has 8 nitrogen and oxygen atoms in total. The van der Waals surface area contributed by atoms with Gasteiger partial charge < -0.3 is 29.7 Å². The Hall–Kier alpha value is -3.42. The number of benzene rings is 2. The molecule has 0 aromatic heterocycles. The molecule has 0 aliphatic carbocycles. The average Bonchev–Trinajstić information content (AvgIpc) is 2.78. The minimum absolute atomic E-state index is 0.0442. The molecule has 2 rings (SSSR count). The van der Waals surface area contributed by atoms with Gasteiger partial charge in [-0.25, -0.2) is 4.99 Å². The van der Waals surface area contributed by atoms with Crippen LogP contribution in [0.3, 0.4) is 0 Å². The first-order valence-corrected chi connectivity index (χ1v) is 10.1. The zero-order valence-corrected chi connectivity index (χ0v) is 18.8. The summed E-state index contributed by atoms with van der Waals surface area (Å²) < 4.78 is 16.5. The third-order valence-electron chi connectivity index (χ3n) is 4.44. The van der Waals surface area contributed by atoms with Gasteiger partial charge in [-0.05, 0) is 36.8 Å². The SMILES string of the molecule is COc1ccc(CN=C(NCC(=O)N(C)C)NCC(C)Oc2ccccc2OC)cc1. The van der Waals surface area contributed by atoms with Crippen molar-refractivity contribution < 1.29 is 19.0 Å². The Morgan fingerprint density at radius 3 is 2.29 bits per heavy atom. The molecular weight excluding hydrogens is 396 g/mol. The van der Waals surface area contributed by atoms with Crippen molar-refractivity contribution in [2.75, 3.05) is 41.4 Å². The van der Waals surface area contributed by atoms with Gasteiger partial charge in [-0.1, -0.05) is 24.3 Å². The highest BCUT2D eigenvalue weighted by atomic mass is 16.5. The molecule has 0 fully saturated rings. The van der Waals surface area contributed by atoms with E-state index in [0.29, 0.717) is 30.5 Å². The van der Waals surface area contributed by atoms with E-state index in [2.05, 4.69) is 15.6 Å². The number of guanidine groups is 1. The number of likely N-dealkylation sites (N-methyl/N-ethyl adjacent to an activating group) is 1. The second kappa shape index (κ2) is 12.3. The lowest BCUT2D eigenvalue weighted by Gasteiger charge is -2.19. The largest absolute Gasteiger partial charge is 0.497 e. The number of rotatable bonds is 10. The molecule has 0 aliphatic heterocycles. The first-order chi connectivity index (χ1) is 14.9. The fourth-order valence-electron chi connectivity index (χ4n) is 2.61. The van der Waals surface area contributed by atoms with Crippen LogP contribution in [0.1, 0.15) is 12.5 Å². The van der Waals surface area contributed by atoms with Gasteiger partial charge in [-0.3, -0.25) is 4.79 Å². The van der Waals surface area contributed by atoms with Crippen LogP contribution in [0.4, 0.5) is 0 Å². The van der Waals surface area contributed by atoms with Crippen molar-refractivity contribution in [3.63, 3.8) is 0 Å². The molecule has 2 N–H and O–H groups in total. The summed E-state index contributed by atoms with van der Waals surface area (Å²) in [7, 11) is 6.68. The number of amides is 1. The number of carbonyl (C=O) groups is 1. The van der Waals surface area contributed by atoms with E-state index in [1.165, 1.54) is 4.90 Å². The Morgan fingerprint density at radius 1 is 1.00 bits per heavy atom. The third kappa shape index (κ3) is 8.08. The van der Waals surface area contributed by atoms with E-state index >= 15 is 0 Å². The number of carbonyl (C=O) groups excluding carboxylic acids is 1. The highest BCUT2D eigenvalue weighted by molar-refractivity contribution is 5.86. The lowest BCUT2D eigenvalue weighted by molar-refractivity contribution is -0.127. The maximum absolute atomic E-state index is 12.0. The minimum atomic E-state index is -0.158. The van der Waals surface area contributed by atoms with Crippen LogP contribution in [-0.2, 0) is 11.3 Å². The zero-order valence-electron chi connectivity index (χ0n) is 18.8. The van der Waals surface area contributed by atoms with Crippen LogP contribution in [0.25, 0.3) is 0 Å². The standard InChI is InChI=1S/C23H32N4O4/c1-17(31-21-9-7-6-8-20(21)30-5)14-24-23(26-16-22(28)27(2)3)25-15-18-10-12-19(29-4)13-11-18/h6-13,17H,14-16H2,1-5H3,(H2,24,25,26). The molecule has 0 spiro atoms. The van der Waals surface area contributed by atoms with Gasteiger partial charge in [0.25, 0.3) is 0 Å². The summed E-state index contributed by atoms with van der Waals surface area (Å²) in [5.41, 5.74) is 1.03. The molecule has 1 atom stereocenters. The molecule has 8 heteroatoms. The molecule has 1 unspecified atom stereocenters. The molecule has 0 radical (unpaired) electrons. The van der Waals surface area contributed by atoms with Gasteiger partial charge in [-0.15, -0.1) is 0 Å². The highest BCUT2D eigenvalue weighted by Crippen LogP contribution is 2.26. The van der Waals surface area contributed by atoms with E-state index in [1.54, 1.807) is 28.3 Å². The topological polar surface area (TPSA) is 84.4 Å². The van der Waals surface area contributed by atoms with Gasteiger partial charge in [0.1, 0.15) is 11.9 Å². The monoisotopic (exact) mass is 428 g/mol. The average molecular weight is 429 g/mol. The highest BCUT2D eigenvalue weighted by Gasteiger charge is 2.11. The quantitative estimate of drug-likeness (QED) is 0.446. The van der Waals surface area contributed by atoms with E-state index in [0.717, 1.165) is 11.3 Å². The molecule has 0 saturated heterocycles. The van der Waals surface area contributed by atoms with Crippen LogP contribution >= 0.6 is 0 Å². The summed E-state index contributed by atoms with van der Waals surface area (Å²) in [6, 6.07) is 15.2. The number of para-hydroxylation sites is 2. The van der Waals surface area contributed by atoms with Gasteiger partial charge in [0.05, 0.1) is 33.9 Å². The van der Waals surface area contributed by atoms with E-state index < -0.39 is 0 Å². The van der Waals surface area contributed by atoms with Crippen molar-refractivity contribution in [3.8, 4) is 17.2 Å². The van der Waals surface area contributed by atoms with Crippen molar-refractivity contribution in [2.45, 2.75) is 19.6 Å². The second-order valence-electron chi connectivity index (χ2n) is 7.11. The van der Waals surface area contributed by atoms with Gasteiger partial charge in [0, 0.05) is 14.1 Å². The number of ether oxygens (including phenoxy) is 3. The number of nitrogens with zero attached hydrogens (tertiary/aromatic N) is 2. The lowest BCUT2D eigenvalue weighted by atomic mass is 10.2. The van der Waals surface area contributed by atoms with Gasteiger partial charge in [-0.2, -0.15) is 0 Å². The van der Waals surface area contributed by atoms with Crippen molar-refractivity contribution in [2.24, 2.45) is 4.99 Å². The molecule has 2 aromatic carbocycles. The Labute approximate surface area is 184 Å². The summed E-state index contributed by atoms with van der Waals surface area (Å²) in [4.78, 5) is 18.1. The van der Waals surface area contributed by atoms with Crippen LogP contribution < -0.4 is 24.8 Å². The summed E-state index contributed by atoms with van der Waals surface area (Å²) >= 11 is 0.